The summed E-state index contributed by atoms with van der Waals surface area (Å²) in [7, 11) is 0. The Morgan fingerprint density at radius 2 is 1.27 bits per heavy atom. The molecular weight excluding hydrogens is 196 g/mol. The molecule has 0 unspecified atom stereocenters. The van der Waals surface area contributed by atoms with E-state index in [4.69, 9.17) is 9.47 Å². The summed E-state index contributed by atoms with van der Waals surface area (Å²) in [5.41, 5.74) is 0.407. The maximum Gasteiger partial charge on any atom is 0.333 e. The van der Waals surface area contributed by atoms with E-state index in [-0.39, 0.29) is 30.8 Å². The van der Waals surface area contributed by atoms with E-state index in [1.807, 2.05) is 0 Å². The molecule has 0 aliphatic carbocycles. The van der Waals surface area contributed by atoms with Gasteiger partial charge in [-0.1, -0.05) is 13.2 Å². The predicted octanol–water partition coefficient (Wildman–Crippen LogP) is 1.62. The standard InChI is InChI=1S/C11H16O4/c1-5-14-10(12)8(3)7-9(4)11(13)15-6-2/h3-7H2,1-2H3. The fourth-order valence-electron chi connectivity index (χ4n) is 0.868. The summed E-state index contributed by atoms with van der Waals surface area (Å²) >= 11 is 0. The molecule has 0 N–H and O–H groups in total. The van der Waals surface area contributed by atoms with E-state index in [0.29, 0.717) is 0 Å². The minimum Gasteiger partial charge on any atom is -0.463 e. The second-order valence-electron chi connectivity index (χ2n) is 2.82. The van der Waals surface area contributed by atoms with Crippen LogP contribution in [0.15, 0.2) is 24.3 Å². The summed E-state index contributed by atoms with van der Waals surface area (Å²) in [5, 5.41) is 0. The van der Waals surface area contributed by atoms with E-state index in [9.17, 15) is 9.59 Å². The first-order valence-corrected chi connectivity index (χ1v) is 4.72. The van der Waals surface area contributed by atoms with E-state index in [1.165, 1.54) is 0 Å². The van der Waals surface area contributed by atoms with Crippen LogP contribution in [0.2, 0.25) is 0 Å². The van der Waals surface area contributed by atoms with Gasteiger partial charge in [-0.3, -0.25) is 0 Å². The van der Waals surface area contributed by atoms with Crippen molar-refractivity contribution in [1.82, 2.24) is 0 Å². The zero-order valence-corrected chi connectivity index (χ0v) is 9.17. The fourth-order valence-corrected chi connectivity index (χ4v) is 0.868. The zero-order valence-electron chi connectivity index (χ0n) is 9.17. The van der Waals surface area contributed by atoms with Crippen molar-refractivity contribution in [3.05, 3.63) is 24.3 Å². The third-order valence-corrected chi connectivity index (χ3v) is 1.55. The van der Waals surface area contributed by atoms with Crippen LogP contribution in [-0.2, 0) is 19.1 Å². The first-order chi connectivity index (χ1) is 7.02. The van der Waals surface area contributed by atoms with Crippen molar-refractivity contribution in [2.45, 2.75) is 20.3 Å². The van der Waals surface area contributed by atoms with Gasteiger partial charge in [-0.25, -0.2) is 9.59 Å². The minimum atomic E-state index is -0.511. The van der Waals surface area contributed by atoms with E-state index in [2.05, 4.69) is 13.2 Å². The lowest BCUT2D eigenvalue weighted by molar-refractivity contribution is -0.138. The third-order valence-electron chi connectivity index (χ3n) is 1.55. The van der Waals surface area contributed by atoms with Gasteiger partial charge in [-0.05, 0) is 13.8 Å². The summed E-state index contributed by atoms with van der Waals surface area (Å²) in [6.07, 6.45) is 0.0810. The normalized spacial score (nSPS) is 9.20. The molecule has 0 aromatic heterocycles. The molecule has 0 atom stereocenters. The van der Waals surface area contributed by atoms with Crippen LogP contribution in [0.5, 0.6) is 0 Å². The molecule has 15 heavy (non-hydrogen) atoms. The van der Waals surface area contributed by atoms with Gasteiger partial charge in [-0.2, -0.15) is 0 Å². The lowest BCUT2D eigenvalue weighted by Gasteiger charge is -2.07. The molecule has 0 spiro atoms. The lowest BCUT2D eigenvalue weighted by atomic mass is 10.1. The molecule has 0 aromatic carbocycles. The highest BCUT2D eigenvalue weighted by molar-refractivity contribution is 5.93. The molecule has 0 amide bonds. The van der Waals surface area contributed by atoms with Gasteiger partial charge in [0, 0.05) is 17.6 Å². The Kier molecular flexibility index (Phi) is 6.09. The van der Waals surface area contributed by atoms with E-state index in [1.54, 1.807) is 13.8 Å². The predicted molar refractivity (Wildman–Crippen MR) is 56.2 cm³/mol. The van der Waals surface area contributed by atoms with Gasteiger partial charge >= 0.3 is 11.9 Å². The molecule has 0 radical (unpaired) electrons. The van der Waals surface area contributed by atoms with Crippen molar-refractivity contribution >= 4 is 11.9 Å². The second kappa shape index (κ2) is 6.81. The first kappa shape index (κ1) is 13.4. The molecular formula is C11H16O4. The van der Waals surface area contributed by atoms with Crippen molar-refractivity contribution in [2.75, 3.05) is 13.2 Å². The second-order valence-corrected chi connectivity index (χ2v) is 2.82. The van der Waals surface area contributed by atoms with Gasteiger partial charge in [0.25, 0.3) is 0 Å². The molecule has 0 saturated carbocycles. The summed E-state index contributed by atoms with van der Waals surface area (Å²) in [4.78, 5) is 22.3. The number of carbonyl (C=O) groups is 2. The van der Waals surface area contributed by atoms with E-state index >= 15 is 0 Å². The smallest absolute Gasteiger partial charge is 0.333 e. The van der Waals surface area contributed by atoms with Crippen molar-refractivity contribution in [3.8, 4) is 0 Å². The molecule has 0 bridgehead atoms. The van der Waals surface area contributed by atoms with Gasteiger partial charge < -0.3 is 9.47 Å². The molecule has 4 nitrogen and oxygen atoms in total. The Morgan fingerprint density at radius 1 is 0.933 bits per heavy atom. The van der Waals surface area contributed by atoms with Gasteiger partial charge in [0.1, 0.15) is 0 Å². The highest BCUT2D eigenvalue weighted by Gasteiger charge is 2.14. The Morgan fingerprint density at radius 3 is 1.53 bits per heavy atom. The van der Waals surface area contributed by atoms with Crippen LogP contribution < -0.4 is 0 Å². The Labute approximate surface area is 89.6 Å². The first-order valence-electron chi connectivity index (χ1n) is 4.72. The molecule has 0 aromatic rings. The number of hydrogen-bond donors (Lipinski definition) is 0. The number of rotatable bonds is 6. The Balaban J connectivity index is 4.12. The minimum absolute atomic E-state index is 0.0810. The highest BCUT2D eigenvalue weighted by atomic mass is 16.5. The maximum absolute atomic E-state index is 11.1. The fraction of sp³-hybridized carbons (Fsp3) is 0.455. The van der Waals surface area contributed by atoms with Gasteiger partial charge in [0.15, 0.2) is 0 Å². The summed E-state index contributed by atoms with van der Waals surface area (Å²) in [6, 6.07) is 0. The van der Waals surface area contributed by atoms with Crippen LogP contribution >= 0.6 is 0 Å². The SMILES string of the molecule is C=C(CC(=C)C(=O)OCC)C(=O)OCC. The van der Waals surface area contributed by atoms with Crippen LogP contribution in [0.25, 0.3) is 0 Å². The van der Waals surface area contributed by atoms with Crippen LogP contribution in [0, 0.1) is 0 Å². The lowest BCUT2D eigenvalue weighted by Crippen LogP contribution is -2.12. The summed E-state index contributed by atoms with van der Waals surface area (Å²) in [6.45, 7) is 11.0. The topological polar surface area (TPSA) is 52.6 Å². The van der Waals surface area contributed by atoms with Crippen molar-refractivity contribution in [1.29, 1.82) is 0 Å². The van der Waals surface area contributed by atoms with Crippen molar-refractivity contribution in [2.24, 2.45) is 0 Å². The van der Waals surface area contributed by atoms with Crippen molar-refractivity contribution in [3.63, 3.8) is 0 Å². The molecule has 0 fully saturated rings. The number of esters is 2. The van der Waals surface area contributed by atoms with Gasteiger partial charge in [0.05, 0.1) is 13.2 Å². The molecule has 4 heteroatoms. The highest BCUT2D eigenvalue weighted by Crippen LogP contribution is 2.10. The summed E-state index contributed by atoms with van der Waals surface area (Å²) < 4.78 is 9.43. The largest absolute Gasteiger partial charge is 0.463 e. The maximum atomic E-state index is 11.1. The Bertz CT molecular complexity index is 250. The van der Waals surface area contributed by atoms with Crippen LogP contribution in [0.4, 0.5) is 0 Å². The number of carbonyl (C=O) groups excluding carboxylic acids is 2. The molecule has 0 aliphatic rings. The van der Waals surface area contributed by atoms with Gasteiger partial charge in [-0.15, -0.1) is 0 Å². The number of hydrogen-bond acceptors (Lipinski definition) is 4. The molecule has 0 aliphatic heterocycles. The van der Waals surface area contributed by atoms with Crippen LogP contribution in [0.1, 0.15) is 20.3 Å². The number of ether oxygens (including phenoxy) is 2. The molecule has 0 rings (SSSR count). The third kappa shape index (κ3) is 5.00. The monoisotopic (exact) mass is 212 g/mol. The van der Waals surface area contributed by atoms with Crippen LogP contribution in [0.3, 0.4) is 0 Å². The van der Waals surface area contributed by atoms with E-state index in [0.717, 1.165) is 0 Å². The quantitative estimate of drug-likeness (QED) is 0.496. The average Bonchev–Trinajstić information content (AvgIpc) is 2.18. The van der Waals surface area contributed by atoms with E-state index < -0.39 is 11.9 Å². The molecule has 0 heterocycles. The Hall–Kier alpha value is -1.58. The summed E-state index contributed by atoms with van der Waals surface area (Å²) in [5.74, 6) is -1.02. The molecule has 0 saturated heterocycles. The molecule has 84 valence electrons. The van der Waals surface area contributed by atoms with Crippen LogP contribution in [-0.4, -0.2) is 25.2 Å². The van der Waals surface area contributed by atoms with Crippen molar-refractivity contribution < 1.29 is 19.1 Å². The zero-order chi connectivity index (χ0) is 11.8. The average molecular weight is 212 g/mol. The van der Waals surface area contributed by atoms with Gasteiger partial charge in [0.2, 0.25) is 0 Å².